The highest BCUT2D eigenvalue weighted by Gasteiger charge is 2.61. The number of aromatic amines is 1. The van der Waals surface area contributed by atoms with Gasteiger partial charge in [-0.1, -0.05) is 37.6 Å². The van der Waals surface area contributed by atoms with Gasteiger partial charge in [0.25, 0.3) is 5.56 Å². The van der Waals surface area contributed by atoms with E-state index in [9.17, 15) is 19.3 Å². The van der Waals surface area contributed by atoms with Crippen LogP contribution in [0, 0.1) is 5.41 Å². The fraction of sp³-hybridized carbons (Fsp3) is 0.522. The van der Waals surface area contributed by atoms with Gasteiger partial charge in [-0.2, -0.15) is 13.9 Å². The number of alkyl halides is 1. The van der Waals surface area contributed by atoms with Crippen molar-refractivity contribution in [1.82, 2.24) is 14.6 Å². The number of nitrogens with zero attached hydrogens (tertiary/aromatic N) is 1. The van der Waals surface area contributed by atoms with Crippen LogP contribution in [0.25, 0.3) is 0 Å². The zero-order valence-corrected chi connectivity index (χ0v) is 22.3. The number of rotatable bonds is 6. The van der Waals surface area contributed by atoms with Crippen molar-refractivity contribution in [2.45, 2.75) is 57.9 Å². The van der Waals surface area contributed by atoms with Gasteiger partial charge in [0.15, 0.2) is 18.0 Å². The van der Waals surface area contributed by atoms with Crippen molar-refractivity contribution in [2.24, 2.45) is 5.41 Å². The number of esters is 1. The van der Waals surface area contributed by atoms with E-state index in [0.717, 1.165) is 36.2 Å². The van der Waals surface area contributed by atoms with E-state index >= 15 is 4.39 Å². The van der Waals surface area contributed by atoms with E-state index in [0.29, 0.717) is 11.6 Å². The quantitative estimate of drug-likeness (QED) is 0.359. The maximum atomic E-state index is 16.0. The summed E-state index contributed by atoms with van der Waals surface area (Å²) in [4.78, 5) is 48.8. The first-order valence-electron chi connectivity index (χ1n) is 11.5. The molecule has 0 radical (unpaired) electrons. The molecule has 11 nitrogen and oxygen atoms in total. The first-order valence-corrected chi connectivity index (χ1v) is 13.5. The molecule has 2 aliphatic rings. The highest BCUT2D eigenvalue weighted by molar-refractivity contribution is 7.58. The minimum Gasteiger partial charge on any atom is -0.456 e. The molecular formula is C23H29ClFN3O8P+. The fourth-order valence-electron chi connectivity index (χ4n) is 4.47. The van der Waals surface area contributed by atoms with E-state index < -0.39 is 67.5 Å². The van der Waals surface area contributed by atoms with Crippen LogP contribution in [0.1, 0.15) is 45.6 Å². The second-order valence-electron chi connectivity index (χ2n) is 9.91. The molecule has 202 valence electrons. The maximum absolute atomic E-state index is 16.0. The van der Waals surface area contributed by atoms with Crippen molar-refractivity contribution in [1.29, 1.82) is 0 Å². The summed E-state index contributed by atoms with van der Waals surface area (Å²) in [6.07, 6.45) is -3.77. The summed E-state index contributed by atoms with van der Waals surface area (Å²) in [5.74, 6) is -0.778. The number of halogens is 2. The Balaban J connectivity index is 1.56. The second kappa shape index (κ2) is 10.2. The SMILES string of the molecule is CC(=O)O[C@@H]1[C@@H](CO[P+]2(O)NCC(C)(C)C(c3cccc(Cl)c3)O2)O[C@@H](n2ccc(=O)[nH]c2=O)[C@]1(C)F. The molecule has 2 saturated heterocycles. The van der Waals surface area contributed by atoms with E-state index in [1.165, 1.54) is 0 Å². The monoisotopic (exact) mass is 560 g/mol. The number of aromatic nitrogens is 2. The summed E-state index contributed by atoms with van der Waals surface area (Å²) >= 11 is 6.15. The summed E-state index contributed by atoms with van der Waals surface area (Å²) in [7, 11) is -3.69. The van der Waals surface area contributed by atoms with Gasteiger partial charge >= 0.3 is 19.8 Å². The normalized spacial score (nSPS) is 33.3. The van der Waals surface area contributed by atoms with Crippen LogP contribution in [0.4, 0.5) is 4.39 Å². The number of nitrogens with one attached hydrogen (secondary N) is 2. The number of carbonyl (C=O) groups excluding carboxylic acids is 1. The maximum Gasteiger partial charge on any atom is 0.499 e. The highest BCUT2D eigenvalue weighted by Crippen LogP contribution is 2.63. The average Bonchev–Trinajstić information content (AvgIpc) is 3.04. The molecule has 37 heavy (non-hydrogen) atoms. The number of benzene rings is 1. The zero-order valence-electron chi connectivity index (χ0n) is 20.6. The molecule has 3 N–H and O–H groups in total. The van der Waals surface area contributed by atoms with E-state index in [4.69, 9.17) is 30.1 Å². The Bertz CT molecular complexity index is 1290. The molecule has 2 fully saturated rings. The van der Waals surface area contributed by atoms with Gasteiger partial charge in [-0.05, 0) is 24.6 Å². The lowest BCUT2D eigenvalue weighted by molar-refractivity contribution is -0.155. The molecule has 1 aromatic heterocycles. The smallest absolute Gasteiger partial charge is 0.456 e. The topological polar surface area (TPSA) is 141 Å². The third-order valence-electron chi connectivity index (χ3n) is 6.34. The molecule has 0 aliphatic carbocycles. The molecule has 14 heteroatoms. The van der Waals surface area contributed by atoms with Crippen molar-refractivity contribution >= 4 is 25.7 Å². The van der Waals surface area contributed by atoms with Gasteiger partial charge in [0.05, 0.1) is 0 Å². The van der Waals surface area contributed by atoms with E-state index in [2.05, 4.69) is 5.09 Å². The Kier molecular flexibility index (Phi) is 7.66. The molecule has 0 bridgehead atoms. The van der Waals surface area contributed by atoms with Gasteiger partial charge in [0, 0.05) is 36.2 Å². The Morgan fingerprint density at radius 2 is 2.05 bits per heavy atom. The van der Waals surface area contributed by atoms with Crippen LogP contribution in [0.5, 0.6) is 0 Å². The Hall–Kier alpha value is -2.18. The molecule has 2 aromatic rings. The van der Waals surface area contributed by atoms with Gasteiger partial charge in [0.2, 0.25) is 0 Å². The molecule has 0 saturated carbocycles. The summed E-state index contributed by atoms with van der Waals surface area (Å²) in [5, 5.41) is 3.40. The molecule has 0 amide bonds. The standard InChI is InChI=1S/C23H28ClFN3O8P/c1-13(29)34-19-16(35-20(23(19,4)25)28-9-8-17(30)27-21(28)31)11-33-37(32)26-12-22(2,3)18(36-37)14-6-5-7-15(24)10-14/h5-10,16,18-20,26,32H,11-12H2,1-4H3/p+1/t16-,18?,19-,20-,23-,37?/m1/s1. The van der Waals surface area contributed by atoms with Crippen LogP contribution in [-0.4, -0.2) is 51.4 Å². The van der Waals surface area contributed by atoms with Gasteiger partial charge in [-0.15, -0.1) is 5.09 Å². The van der Waals surface area contributed by atoms with Crippen molar-refractivity contribution in [3.63, 3.8) is 0 Å². The van der Waals surface area contributed by atoms with Crippen molar-refractivity contribution in [3.05, 3.63) is 68.0 Å². The molecule has 0 spiro atoms. The summed E-state index contributed by atoms with van der Waals surface area (Å²) in [6.45, 7) is 6.01. The van der Waals surface area contributed by atoms with Gasteiger partial charge in [-0.25, -0.2) is 9.18 Å². The third-order valence-corrected chi connectivity index (χ3v) is 8.12. The van der Waals surface area contributed by atoms with Crippen LogP contribution >= 0.6 is 19.7 Å². The summed E-state index contributed by atoms with van der Waals surface area (Å²) in [5.41, 5.74) is -3.67. The number of ether oxygens (including phenoxy) is 2. The Morgan fingerprint density at radius 3 is 2.70 bits per heavy atom. The van der Waals surface area contributed by atoms with Crippen LogP contribution in [0.3, 0.4) is 0 Å². The van der Waals surface area contributed by atoms with E-state index in [1.807, 2.05) is 24.9 Å². The van der Waals surface area contributed by atoms with E-state index in [1.54, 1.807) is 18.2 Å². The fourth-order valence-corrected chi connectivity index (χ4v) is 6.55. The number of carbonyl (C=O) groups is 1. The molecule has 6 atom stereocenters. The number of H-pyrrole nitrogens is 1. The lowest BCUT2D eigenvalue weighted by atomic mass is 9.83. The minimum atomic E-state index is -3.69. The molecule has 3 heterocycles. The summed E-state index contributed by atoms with van der Waals surface area (Å²) in [6, 6.07) is 8.10. The van der Waals surface area contributed by atoms with Crippen molar-refractivity contribution in [2.75, 3.05) is 13.2 Å². The summed E-state index contributed by atoms with van der Waals surface area (Å²) < 4.78 is 39.6. The Labute approximate surface area is 217 Å². The van der Waals surface area contributed by atoms with Crippen molar-refractivity contribution in [3.8, 4) is 0 Å². The highest BCUT2D eigenvalue weighted by atomic mass is 35.5. The van der Waals surface area contributed by atoms with Crippen LogP contribution in [-0.2, 0) is 23.3 Å². The lowest BCUT2D eigenvalue weighted by Gasteiger charge is -2.39. The number of hydrogen-bond donors (Lipinski definition) is 3. The Morgan fingerprint density at radius 1 is 1.32 bits per heavy atom. The number of hydrogen-bond acceptors (Lipinski definition) is 9. The van der Waals surface area contributed by atoms with Gasteiger partial charge < -0.3 is 9.47 Å². The molecule has 2 unspecified atom stereocenters. The minimum absolute atomic E-state index is 0.323. The third kappa shape index (κ3) is 5.80. The zero-order chi connectivity index (χ0) is 27.2. The van der Waals surface area contributed by atoms with Gasteiger partial charge in [0.1, 0.15) is 18.8 Å². The van der Waals surface area contributed by atoms with Crippen LogP contribution < -0.4 is 16.3 Å². The lowest BCUT2D eigenvalue weighted by Crippen LogP contribution is -2.46. The van der Waals surface area contributed by atoms with Crippen LogP contribution in [0.2, 0.25) is 5.02 Å². The van der Waals surface area contributed by atoms with Crippen LogP contribution in [0.15, 0.2) is 46.1 Å². The molecule has 4 rings (SSSR count). The van der Waals surface area contributed by atoms with Crippen molar-refractivity contribution < 1.29 is 32.6 Å². The molecule has 2 aliphatic heterocycles. The predicted molar refractivity (Wildman–Crippen MR) is 132 cm³/mol. The molecular weight excluding hydrogens is 532 g/mol. The average molecular weight is 561 g/mol. The molecule has 1 aromatic carbocycles. The van der Waals surface area contributed by atoms with E-state index in [-0.39, 0.29) is 0 Å². The largest absolute Gasteiger partial charge is 0.499 e. The second-order valence-corrected chi connectivity index (χ2v) is 12.2. The predicted octanol–water partition coefficient (Wildman–Crippen LogP) is 2.82. The first kappa shape index (κ1) is 27.8. The first-order chi connectivity index (χ1) is 17.2. The van der Waals surface area contributed by atoms with Gasteiger partial charge in [-0.3, -0.25) is 19.1 Å².